The average molecular weight is 404 g/mol. The number of alkyl halides is 3. The lowest BCUT2D eigenvalue weighted by Crippen LogP contribution is -2.22. The molecule has 160 valence electrons. The molecule has 0 amide bonds. The van der Waals surface area contributed by atoms with Crippen molar-refractivity contribution in [2.75, 3.05) is 0 Å². The maximum atomic E-state index is 13.9. The zero-order valence-electron chi connectivity index (χ0n) is 16.9. The number of carbonyl (C=O) groups excluding carboxylic acids is 1. The van der Waals surface area contributed by atoms with E-state index in [9.17, 15) is 22.4 Å². The van der Waals surface area contributed by atoms with Crippen molar-refractivity contribution in [3.8, 4) is 0 Å². The summed E-state index contributed by atoms with van der Waals surface area (Å²) in [7, 11) is 0. The molecule has 1 aromatic rings. The highest BCUT2D eigenvalue weighted by Crippen LogP contribution is 2.33. The van der Waals surface area contributed by atoms with E-state index in [1.807, 2.05) is 0 Å². The van der Waals surface area contributed by atoms with Gasteiger partial charge in [-0.1, -0.05) is 71.3 Å². The van der Waals surface area contributed by atoms with E-state index in [1.54, 1.807) is 6.92 Å². The summed E-state index contributed by atoms with van der Waals surface area (Å²) in [6.07, 6.45) is 6.12. The van der Waals surface area contributed by atoms with Gasteiger partial charge < -0.3 is 4.74 Å². The molecule has 2 nitrogen and oxygen atoms in total. The number of rotatable bonds is 13. The van der Waals surface area contributed by atoms with Crippen molar-refractivity contribution in [2.24, 2.45) is 0 Å². The first-order valence-corrected chi connectivity index (χ1v) is 10.4. The number of unbranched alkanes of at least 4 members (excludes halogenated alkanes) is 8. The van der Waals surface area contributed by atoms with Gasteiger partial charge in [-0.15, -0.1) is 0 Å². The lowest BCUT2D eigenvalue weighted by molar-refractivity contribution is -0.138. The van der Waals surface area contributed by atoms with Crippen LogP contribution < -0.4 is 0 Å². The van der Waals surface area contributed by atoms with Crippen molar-refractivity contribution in [2.45, 2.75) is 96.8 Å². The van der Waals surface area contributed by atoms with Crippen molar-refractivity contribution in [1.29, 1.82) is 0 Å². The van der Waals surface area contributed by atoms with Gasteiger partial charge in [0.25, 0.3) is 0 Å². The van der Waals surface area contributed by atoms with E-state index >= 15 is 0 Å². The fraction of sp³-hybridized carbons (Fsp3) is 0.682. The first-order chi connectivity index (χ1) is 13.3. The standard InChI is InChI=1S/C22H32F4O2/c1-3-5-6-7-8-9-10-11-12-14-17(4-2)28-21(27)20-18(22(24,25)26)15-13-16-19(20)23/h13,15-17H,3-12,14H2,1-2H3. The van der Waals surface area contributed by atoms with Crippen LogP contribution in [-0.2, 0) is 10.9 Å². The Labute approximate surface area is 165 Å². The van der Waals surface area contributed by atoms with Gasteiger partial charge in [-0.25, -0.2) is 9.18 Å². The Morgan fingerprint density at radius 1 is 0.964 bits per heavy atom. The molecule has 0 saturated heterocycles. The van der Waals surface area contributed by atoms with Crippen molar-refractivity contribution in [3.63, 3.8) is 0 Å². The molecule has 0 aliphatic rings. The number of benzene rings is 1. The normalized spacial score (nSPS) is 12.8. The first kappa shape index (κ1) is 24.4. The Morgan fingerprint density at radius 3 is 2.07 bits per heavy atom. The zero-order chi connectivity index (χ0) is 21.0. The van der Waals surface area contributed by atoms with Crippen LogP contribution in [0.1, 0.15) is 100 Å². The molecule has 6 heteroatoms. The molecule has 0 spiro atoms. The molecule has 0 N–H and O–H groups in total. The fourth-order valence-electron chi connectivity index (χ4n) is 3.21. The summed E-state index contributed by atoms with van der Waals surface area (Å²) in [6, 6.07) is 2.48. The predicted octanol–water partition coefficient (Wildman–Crippen LogP) is 7.70. The molecule has 0 aromatic heterocycles. The highest BCUT2D eigenvalue weighted by atomic mass is 19.4. The smallest absolute Gasteiger partial charge is 0.417 e. The van der Waals surface area contributed by atoms with E-state index in [2.05, 4.69) is 6.92 Å². The average Bonchev–Trinajstić information content (AvgIpc) is 2.64. The molecule has 0 fully saturated rings. The number of hydrogen-bond acceptors (Lipinski definition) is 2. The molecule has 1 unspecified atom stereocenters. The van der Waals surface area contributed by atoms with E-state index < -0.39 is 35.2 Å². The topological polar surface area (TPSA) is 26.3 Å². The second-order valence-electron chi connectivity index (χ2n) is 7.21. The fourth-order valence-corrected chi connectivity index (χ4v) is 3.21. The molecule has 0 radical (unpaired) electrons. The van der Waals surface area contributed by atoms with Crippen molar-refractivity contribution in [3.05, 3.63) is 35.1 Å². The summed E-state index contributed by atoms with van der Waals surface area (Å²) in [6.45, 7) is 3.99. The lowest BCUT2D eigenvalue weighted by atomic mass is 10.0. The van der Waals surface area contributed by atoms with E-state index in [0.717, 1.165) is 31.4 Å². The summed E-state index contributed by atoms with van der Waals surface area (Å²) in [5.41, 5.74) is -2.32. The molecule has 1 rings (SSSR count). The van der Waals surface area contributed by atoms with Gasteiger partial charge >= 0.3 is 12.1 Å². The Hall–Kier alpha value is -1.59. The Balaban J connectivity index is 2.46. The number of esters is 1. The van der Waals surface area contributed by atoms with Gasteiger partial charge in [0, 0.05) is 0 Å². The third-order valence-corrected chi connectivity index (χ3v) is 4.88. The van der Waals surface area contributed by atoms with Crippen LogP contribution in [0, 0.1) is 5.82 Å². The molecule has 28 heavy (non-hydrogen) atoms. The molecule has 1 atom stereocenters. The molecule has 0 aliphatic heterocycles. The molecule has 0 heterocycles. The Bertz CT molecular complexity index is 584. The highest BCUT2D eigenvalue weighted by molar-refractivity contribution is 5.91. The predicted molar refractivity (Wildman–Crippen MR) is 103 cm³/mol. The van der Waals surface area contributed by atoms with Crippen LogP contribution in [0.4, 0.5) is 17.6 Å². The van der Waals surface area contributed by atoms with Crippen LogP contribution in [0.25, 0.3) is 0 Å². The van der Waals surface area contributed by atoms with Gasteiger partial charge in [0.05, 0.1) is 5.56 Å². The Kier molecular flexibility index (Phi) is 11.2. The van der Waals surface area contributed by atoms with Crippen LogP contribution in [0.5, 0.6) is 0 Å². The van der Waals surface area contributed by atoms with E-state index in [4.69, 9.17) is 4.74 Å². The molecule has 1 aromatic carbocycles. The van der Waals surface area contributed by atoms with Gasteiger partial charge in [0.1, 0.15) is 17.5 Å². The van der Waals surface area contributed by atoms with E-state index in [0.29, 0.717) is 18.9 Å². The minimum atomic E-state index is -4.81. The quantitative estimate of drug-likeness (QED) is 0.191. The van der Waals surface area contributed by atoms with Crippen molar-refractivity contribution in [1.82, 2.24) is 0 Å². The molecular formula is C22H32F4O2. The van der Waals surface area contributed by atoms with Crippen LogP contribution >= 0.6 is 0 Å². The number of hydrogen-bond donors (Lipinski definition) is 0. The SMILES string of the molecule is CCCCCCCCCCCC(CC)OC(=O)c1c(F)cccc1C(F)(F)F. The third-order valence-electron chi connectivity index (χ3n) is 4.88. The van der Waals surface area contributed by atoms with Crippen LogP contribution in [0.15, 0.2) is 18.2 Å². The minimum Gasteiger partial charge on any atom is -0.459 e. The van der Waals surface area contributed by atoms with Gasteiger partial charge in [0.2, 0.25) is 0 Å². The first-order valence-electron chi connectivity index (χ1n) is 10.4. The van der Waals surface area contributed by atoms with Crippen LogP contribution in [-0.4, -0.2) is 12.1 Å². The largest absolute Gasteiger partial charge is 0.459 e. The monoisotopic (exact) mass is 404 g/mol. The summed E-state index contributed by atoms with van der Waals surface area (Å²) >= 11 is 0. The van der Waals surface area contributed by atoms with Gasteiger partial charge in [-0.05, 0) is 31.4 Å². The van der Waals surface area contributed by atoms with Gasteiger partial charge in [-0.3, -0.25) is 0 Å². The molecule has 0 aliphatic carbocycles. The summed E-state index contributed by atoms with van der Waals surface area (Å²) in [5.74, 6) is -2.45. The van der Waals surface area contributed by atoms with Crippen molar-refractivity contribution < 1.29 is 27.1 Å². The van der Waals surface area contributed by atoms with Gasteiger partial charge in [0.15, 0.2) is 0 Å². The summed E-state index contributed by atoms with van der Waals surface area (Å²) < 4.78 is 58.2. The van der Waals surface area contributed by atoms with E-state index in [1.165, 1.54) is 38.5 Å². The second-order valence-corrected chi connectivity index (χ2v) is 7.21. The van der Waals surface area contributed by atoms with Crippen molar-refractivity contribution >= 4 is 5.97 Å². The van der Waals surface area contributed by atoms with Crippen LogP contribution in [0.3, 0.4) is 0 Å². The zero-order valence-corrected chi connectivity index (χ0v) is 16.9. The van der Waals surface area contributed by atoms with E-state index in [-0.39, 0.29) is 0 Å². The number of halogens is 4. The maximum absolute atomic E-state index is 13.9. The maximum Gasteiger partial charge on any atom is 0.417 e. The second kappa shape index (κ2) is 12.8. The summed E-state index contributed by atoms with van der Waals surface area (Å²) in [4.78, 5) is 12.2. The summed E-state index contributed by atoms with van der Waals surface area (Å²) in [5, 5.41) is 0. The highest BCUT2D eigenvalue weighted by Gasteiger charge is 2.37. The number of ether oxygens (including phenoxy) is 1. The third kappa shape index (κ3) is 8.61. The molecular weight excluding hydrogens is 372 g/mol. The van der Waals surface area contributed by atoms with Gasteiger partial charge in [-0.2, -0.15) is 13.2 Å². The number of carbonyl (C=O) groups is 1. The van der Waals surface area contributed by atoms with Crippen LogP contribution in [0.2, 0.25) is 0 Å². The molecule has 0 bridgehead atoms. The lowest BCUT2D eigenvalue weighted by Gasteiger charge is -2.18. The molecule has 0 saturated carbocycles. The Morgan fingerprint density at radius 2 is 1.54 bits per heavy atom. The minimum absolute atomic E-state index is 0.485.